The Hall–Kier alpha value is -0.770. The molecule has 0 aliphatic carbocycles. The van der Waals surface area contributed by atoms with E-state index in [2.05, 4.69) is 12.2 Å². The molecule has 1 aromatic rings. The van der Waals surface area contributed by atoms with Gasteiger partial charge in [-0.1, -0.05) is 24.9 Å². The van der Waals surface area contributed by atoms with Crippen molar-refractivity contribution in [2.45, 2.75) is 26.3 Å². The van der Waals surface area contributed by atoms with Crippen molar-refractivity contribution in [1.29, 1.82) is 0 Å². The first-order valence-corrected chi connectivity index (χ1v) is 6.79. The molecule has 0 spiro atoms. The van der Waals surface area contributed by atoms with Gasteiger partial charge in [0.25, 0.3) is 0 Å². The van der Waals surface area contributed by atoms with Gasteiger partial charge in [0, 0.05) is 23.7 Å². The van der Waals surface area contributed by atoms with Crippen molar-refractivity contribution < 1.29 is 9.47 Å². The maximum atomic E-state index is 5.96. The van der Waals surface area contributed by atoms with Crippen LogP contribution in [0.15, 0.2) is 18.2 Å². The highest BCUT2D eigenvalue weighted by molar-refractivity contribution is 6.30. The van der Waals surface area contributed by atoms with Gasteiger partial charge in [0.15, 0.2) is 0 Å². The van der Waals surface area contributed by atoms with Crippen molar-refractivity contribution in [3.05, 3.63) is 28.8 Å². The molecule has 1 rings (SSSR count). The molecule has 0 saturated carbocycles. The van der Waals surface area contributed by atoms with E-state index in [0.717, 1.165) is 42.3 Å². The third kappa shape index (κ3) is 5.71. The molecule has 0 aliphatic rings. The van der Waals surface area contributed by atoms with Gasteiger partial charge in [0.2, 0.25) is 0 Å². The quantitative estimate of drug-likeness (QED) is 0.700. The lowest BCUT2D eigenvalue weighted by molar-refractivity contribution is 0.0977. The molecule has 0 saturated heterocycles. The molecule has 1 N–H and O–H groups in total. The predicted octanol–water partition coefficient (Wildman–Crippen LogP) is 3.25. The molecule has 0 unspecified atom stereocenters. The molecular weight excluding hydrogens is 250 g/mol. The smallest absolute Gasteiger partial charge is 0.124 e. The van der Waals surface area contributed by atoms with Crippen LogP contribution in [0.2, 0.25) is 5.02 Å². The Bertz CT molecular complexity index is 345. The Labute approximate surface area is 114 Å². The molecule has 0 bridgehead atoms. The number of unbranched alkanes of at least 4 members (excludes halogenated alkanes) is 1. The van der Waals surface area contributed by atoms with Crippen LogP contribution in [0.25, 0.3) is 0 Å². The number of halogens is 1. The van der Waals surface area contributed by atoms with E-state index in [9.17, 15) is 0 Å². The normalized spacial score (nSPS) is 10.6. The maximum Gasteiger partial charge on any atom is 0.124 e. The molecule has 3 nitrogen and oxygen atoms in total. The lowest BCUT2D eigenvalue weighted by atomic mass is 10.2. The standard InChI is InChI=1S/C14H22ClNO2/c1-3-4-7-17-8-9-18-14-6-5-13(15)10-12(14)11-16-2/h5-6,10,16H,3-4,7-9,11H2,1-2H3. The van der Waals surface area contributed by atoms with Crippen molar-refractivity contribution in [2.75, 3.05) is 26.9 Å². The number of nitrogens with one attached hydrogen (secondary N) is 1. The average molecular weight is 272 g/mol. The zero-order valence-electron chi connectivity index (χ0n) is 11.2. The van der Waals surface area contributed by atoms with Gasteiger partial charge in [-0.3, -0.25) is 0 Å². The number of hydrogen-bond acceptors (Lipinski definition) is 3. The Morgan fingerprint density at radius 1 is 1.22 bits per heavy atom. The van der Waals surface area contributed by atoms with Crippen LogP contribution in [0.1, 0.15) is 25.3 Å². The van der Waals surface area contributed by atoms with Crippen LogP contribution >= 0.6 is 11.6 Å². The SMILES string of the molecule is CCCCOCCOc1ccc(Cl)cc1CNC. The monoisotopic (exact) mass is 271 g/mol. The van der Waals surface area contributed by atoms with E-state index in [0.29, 0.717) is 13.2 Å². The van der Waals surface area contributed by atoms with Crippen molar-refractivity contribution in [1.82, 2.24) is 5.32 Å². The second-order valence-corrected chi connectivity index (χ2v) is 4.53. The molecule has 0 aliphatic heterocycles. The highest BCUT2D eigenvalue weighted by atomic mass is 35.5. The first-order chi connectivity index (χ1) is 8.77. The molecule has 0 atom stereocenters. The highest BCUT2D eigenvalue weighted by Crippen LogP contribution is 2.22. The topological polar surface area (TPSA) is 30.5 Å². The summed E-state index contributed by atoms with van der Waals surface area (Å²) >= 11 is 5.96. The highest BCUT2D eigenvalue weighted by Gasteiger charge is 2.03. The fourth-order valence-electron chi connectivity index (χ4n) is 1.58. The molecule has 18 heavy (non-hydrogen) atoms. The van der Waals surface area contributed by atoms with Gasteiger partial charge in [-0.25, -0.2) is 0 Å². The second-order valence-electron chi connectivity index (χ2n) is 4.10. The number of benzene rings is 1. The summed E-state index contributed by atoms with van der Waals surface area (Å²) in [5, 5.41) is 3.83. The Morgan fingerprint density at radius 2 is 2.06 bits per heavy atom. The molecule has 102 valence electrons. The zero-order valence-corrected chi connectivity index (χ0v) is 11.9. The summed E-state index contributed by atoms with van der Waals surface area (Å²) in [5.74, 6) is 0.868. The van der Waals surface area contributed by atoms with Gasteiger partial charge in [0.1, 0.15) is 12.4 Å². The van der Waals surface area contributed by atoms with Crippen LogP contribution in [-0.4, -0.2) is 26.9 Å². The molecule has 0 aromatic heterocycles. The van der Waals surface area contributed by atoms with Crippen LogP contribution < -0.4 is 10.1 Å². The average Bonchev–Trinajstić information content (AvgIpc) is 2.36. The van der Waals surface area contributed by atoms with E-state index >= 15 is 0 Å². The minimum Gasteiger partial charge on any atom is -0.491 e. The van der Waals surface area contributed by atoms with Crippen LogP contribution in [-0.2, 0) is 11.3 Å². The second kappa shape index (κ2) is 9.20. The third-order valence-electron chi connectivity index (χ3n) is 2.52. The van der Waals surface area contributed by atoms with E-state index in [1.165, 1.54) is 0 Å². The molecule has 0 heterocycles. The number of ether oxygens (including phenoxy) is 2. The molecule has 0 radical (unpaired) electrons. The Kier molecular flexibility index (Phi) is 7.81. The van der Waals surface area contributed by atoms with Crippen LogP contribution in [0.4, 0.5) is 0 Å². The molecular formula is C14H22ClNO2. The van der Waals surface area contributed by atoms with Crippen LogP contribution in [0.5, 0.6) is 5.75 Å². The van der Waals surface area contributed by atoms with E-state index in [1.54, 1.807) is 0 Å². The molecule has 4 heteroatoms. The molecule has 0 amide bonds. The van der Waals surface area contributed by atoms with Gasteiger partial charge in [-0.2, -0.15) is 0 Å². The first-order valence-electron chi connectivity index (χ1n) is 6.41. The third-order valence-corrected chi connectivity index (χ3v) is 2.75. The van der Waals surface area contributed by atoms with Crippen molar-refractivity contribution >= 4 is 11.6 Å². The lowest BCUT2D eigenvalue weighted by Gasteiger charge is -2.12. The summed E-state index contributed by atoms with van der Waals surface area (Å²) in [6, 6.07) is 5.67. The van der Waals surface area contributed by atoms with Gasteiger partial charge in [0.05, 0.1) is 6.61 Å². The van der Waals surface area contributed by atoms with Crippen LogP contribution in [0, 0.1) is 0 Å². The number of rotatable bonds is 9. The van der Waals surface area contributed by atoms with Crippen molar-refractivity contribution in [2.24, 2.45) is 0 Å². The summed E-state index contributed by atoms with van der Waals surface area (Å²) in [7, 11) is 1.90. The summed E-state index contributed by atoms with van der Waals surface area (Å²) < 4.78 is 11.2. The largest absolute Gasteiger partial charge is 0.491 e. The van der Waals surface area contributed by atoms with Crippen LogP contribution in [0.3, 0.4) is 0 Å². The van der Waals surface area contributed by atoms with Crippen molar-refractivity contribution in [3.8, 4) is 5.75 Å². The number of hydrogen-bond donors (Lipinski definition) is 1. The summed E-state index contributed by atoms with van der Waals surface area (Å²) in [4.78, 5) is 0. The minimum atomic E-state index is 0.571. The first kappa shape index (κ1) is 15.3. The van der Waals surface area contributed by atoms with E-state index in [1.807, 2.05) is 25.2 Å². The maximum absolute atomic E-state index is 5.96. The zero-order chi connectivity index (χ0) is 13.2. The lowest BCUT2D eigenvalue weighted by Crippen LogP contribution is -2.11. The van der Waals surface area contributed by atoms with E-state index < -0.39 is 0 Å². The van der Waals surface area contributed by atoms with Gasteiger partial charge >= 0.3 is 0 Å². The fourth-order valence-corrected chi connectivity index (χ4v) is 1.77. The molecule has 1 aromatic carbocycles. The van der Waals surface area contributed by atoms with E-state index in [4.69, 9.17) is 21.1 Å². The van der Waals surface area contributed by atoms with Gasteiger partial charge in [-0.05, 0) is 31.7 Å². The Balaban J connectivity index is 2.36. The van der Waals surface area contributed by atoms with Crippen molar-refractivity contribution in [3.63, 3.8) is 0 Å². The summed E-state index contributed by atoms with van der Waals surface area (Å²) in [6.45, 7) is 4.90. The molecule has 0 fully saturated rings. The van der Waals surface area contributed by atoms with Gasteiger partial charge in [-0.15, -0.1) is 0 Å². The van der Waals surface area contributed by atoms with E-state index in [-0.39, 0.29) is 0 Å². The summed E-state index contributed by atoms with van der Waals surface area (Å²) in [5.41, 5.74) is 1.07. The predicted molar refractivity (Wildman–Crippen MR) is 75.4 cm³/mol. The minimum absolute atomic E-state index is 0.571. The van der Waals surface area contributed by atoms with Gasteiger partial charge < -0.3 is 14.8 Å². The summed E-state index contributed by atoms with van der Waals surface area (Å²) in [6.07, 6.45) is 2.26. The Morgan fingerprint density at radius 3 is 2.78 bits per heavy atom. The fraction of sp³-hybridized carbons (Fsp3) is 0.571.